The number of ether oxygens (including phenoxy) is 2. The first kappa shape index (κ1) is 13.6. The Morgan fingerprint density at radius 2 is 2.24 bits per heavy atom. The molecule has 3 rings (SSSR count). The Bertz CT molecular complexity index is 635. The molecule has 0 bridgehead atoms. The van der Waals surface area contributed by atoms with Crippen LogP contribution >= 0.6 is 0 Å². The third kappa shape index (κ3) is 1.99. The van der Waals surface area contributed by atoms with E-state index in [-0.39, 0.29) is 11.3 Å². The molecule has 8 nitrogen and oxygen atoms in total. The zero-order valence-corrected chi connectivity index (χ0v) is 11.4. The fourth-order valence-electron chi connectivity index (χ4n) is 2.66. The number of carbonyl (C=O) groups excluding carboxylic acids is 3. The summed E-state index contributed by atoms with van der Waals surface area (Å²) in [4.78, 5) is 37.0. The first-order chi connectivity index (χ1) is 10.0. The zero-order valence-electron chi connectivity index (χ0n) is 11.4. The lowest BCUT2D eigenvalue weighted by Gasteiger charge is -2.39. The van der Waals surface area contributed by atoms with E-state index in [2.05, 4.69) is 4.74 Å². The first-order valence-electron chi connectivity index (χ1n) is 6.52. The second-order valence-electron chi connectivity index (χ2n) is 4.89. The molecule has 1 atom stereocenters. The number of esters is 1. The van der Waals surface area contributed by atoms with Crippen LogP contribution in [0.25, 0.3) is 0 Å². The van der Waals surface area contributed by atoms with Crippen molar-refractivity contribution in [1.29, 1.82) is 0 Å². The molecule has 0 spiro atoms. The van der Waals surface area contributed by atoms with Crippen LogP contribution in [0.5, 0.6) is 5.75 Å². The minimum atomic E-state index is -1.09. The number of ketones is 1. The number of fused-ring (bicyclic) bond motifs is 2. The number of methoxy groups -OCH3 is 1. The summed E-state index contributed by atoms with van der Waals surface area (Å²) in [6.45, 7) is 1.41. The lowest BCUT2D eigenvalue weighted by molar-refractivity contribution is -0.135. The van der Waals surface area contributed by atoms with Gasteiger partial charge in [-0.15, -0.1) is 0 Å². The molecule has 1 unspecified atom stereocenters. The van der Waals surface area contributed by atoms with Crippen molar-refractivity contribution in [2.75, 3.05) is 20.3 Å². The van der Waals surface area contributed by atoms with Crippen LogP contribution in [0.3, 0.4) is 0 Å². The van der Waals surface area contributed by atoms with Gasteiger partial charge in [-0.2, -0.15) is 0 Å². The minimum Gasteiger partial charge on any atom is -0.505 e. The summed E-state index contributed by atoms with van der Waals surface area (Å²) in [6, 6.07) is 0. The summed E-state index contributed by atoms with van der Waals surface area (Å²) >= 11 is 0. The highest BCUT2D eigenvalue weighted by atomic mass is 16.5. The van der Waals surface area contributed by atoms with Gasteiger partial charge in [-0.25, -0.2) is 4.79 Å². The van der Waals surface area contributed by atoms with Crippen molar-refractivity contribution in [2.24, 2.45) is 0 Å². The van der Waals surface area contributed by atoms with E-state index < -0.39 is 29.6 Å². The van der Waals surface area contributed by atoms with Crippen LogP contribution in [-0.4, -0.2) is 58.7 Å². The smallest absolute Gasteiger partial charge is 0.379 e. The molecule has 112 valence electrons. The fourth-order valence-corrected chi connectivity index (χ4v) is 2.66. The van der Waals surface area contributed by atoms with Gasteiger partial charge in [0.1, 0.15) is 0 Å². The second-order valence-corrected chi connectivity index (χ2v) is 4.89. The Morgan fingerprint density at radius 1 is 1.48 bits per heavy atom. The summed E-state index contributed by atoms with van der Waals surface area (Å²) in [7, 11) is 1.08. The van der Waals surface area contributed by atoms with Crippen LogP contribution in [0.1, 0.15) is 27.3 Å². The molecule has 1 N–H and O–H groups in total. The zero-order chi connectivity index (χ0) is 15.1. The van der Waals surface area contributed by atoms with E-state index in [1.807, 2.05) is 0 Å². The number of amides is 1. The average molecular weight is 294 g/mol. The van der Waals surface area contributed by atoms with Crippen molar-refractivity contribution in [2.45, 2.75) is 19.2 Å². The molecule has 0 saturated carbocycles. The van der Waals surface area contributed by atoms with Crippen LogP contribution < -0.4 is 0 Å². The van der Waals surface area contributed by atoms with Crippen LogP contribution in [0.15, 0.2) is 6.20 Å². The Kier molecular flexibility index (Phi) is 3.17. The lowest BCUT2D eigenvalue weighted by atomic mass is 10.1. The van der Waals surface area contributed by atoms with E-state index in [0.717, 1.165) is 13.5 Å². The molecule has 3 heterocycles. The third-order valence-electron chi connectivity index (χ3n) is 3.68. The van der Waals surface area contributed by atoms with Crippen LogP contribution in [0.2, 0.25) is 0 Å². The maximum absolute atomic E-state index is 12.4. The fraction of sp³-hybridized carbons (Fsp3) is 0.462. The summed E-state index contributed by atoms with van der Waals surface area (Å²) in [5.41, 5.74) is -0.228. The van der Waals surface area contributed by atoms with Crippen molar-refractivity contribution in [1.82, 2.24) is 9.47 Å². The van der Waals surface area contributed by atoms with Crippen molar-refractivity contribution < 1.29 is 29.0 Å². The maximum atomic E-state index is 12.4. The van der Waals surface area contributed by atoms with E-state index in [1.165, 1.54) is 15.7 Å². The Labute approximate surface area is 119 Å². The Balaban J connectivity index is 2.02. The molecule has 0 radical (unpaired) electrons. The molecule has 1 fully saturated rings. The van der Waals surface area contributed by atoms with Crippen molar-refractivity contribution in [3.05, 3.63) is 17.5 Å². The lowest BCUT2D eigenvalue weighted by Crippen LogP contribution is -2.52. The number of hydrogen-bond acceptors (Lipinski definition) is 6. The van der Waals surface area contributed by atoms with Gasteiger partial charge in [0.05, 0.1) is 25.8 Å². The van der Waals surface area contributed by atoms with Gasteiger partial charge >= 0.3 is 5.97 Å². The van der Waals surface area contributed by atoms with Crippen molar-refractivity contribution in [3.63, 3.8) is 0 Å². The highest BCUT2D eigenvalue weighted by molar-refractivity contribution is 6.41. The highest BCUT2D eigenvalue weighted by Gasteiger charge is 2.39. The SMILES string of the molecule is COC(=O)C(=O)c1cn2c(c1O)C(=O)N1CCCOC1C2. The van der Waals surface area contributed by atoms with Gasteiger partial charge < -0.3 is 24.0 Å². The molecule has 1 amide bonds. The topological polar surface area (TPSA) is 98.1 Å². The number of aromatic hydroxyl groups is 1. The van der Waals surface area contributed by atoms with Crippen LogP contribution in [0, 0.1) is 0 Å². The third-order valence-corrected chi connectivity index (χ3v) is 3.68. The molecule has 21 heavy (non-hydrogen) atoms. The number of nitrogens with zero attached hydrogens (tertiary/aromatic N) is 2. The van der Waals surface area contributed by atoms with Crippen LogP contribution in [0.4, 0.5) is 0 Å². The molecular formula is C13H14N2O6. The van der Waals surface area contributed by atoms with E-state index in [0.29, 0.717) is 19.7 Å². The molecule has 1 saturated heterocycles. The molecule has 0 aromatic carbocycles. The van der Waals surface area contributed by atoms with E-state index in [1.54, 1.807) is 0 Å². The average Bonchev–Trinajstić information content (AvgIpc) is 2.83. The monoisotopic (exact) mass is 294 g/mol. The number of hydrogen-bond donors (Lipinski definition) is 1. The van der Waals surface area contributed by atoms with E-state index in [4.69, 9.17) is 4.74 Å². The minimum absolute atomic E-state index is 0.00371. The van der Waals surface area contributed by atoms with Gasteiger partial charge in [0.25, 0.3) is 11.7 Å². The number of aromatic nitrogens is 1. The normalized spacial score (nSPS) is 20.7. The Morgan fingerprint density at radius 3 is 2.95 bits per heavy atom. The number of Topliss-reactive ketones (excluding diaryl/α,β-unsaturated/α-hetero) is 1. The second kappa shape index (κ2) is 4.88. The molecule has 8 heteroatoms. The molecule has 1 aromatic heterocycles. The van der Waals surface area contributed by atoms with Crippen molar-refractivity contribution >= 4 is 17.7 Å². The predicted molar refractivity (Wildman–Crippen MR) is 67.8 cm³/mol. The van der Waals surface area contributed by atoms with Crippen molar-refractivity contribution in [3.8, 4) is 5.75 Å². The van der Waals surface area contributed by atoms with Gasteiger partial charge in [0.2, 0.25) is 0 Å². The first-order valence-corrected chi connectivity index (χ1v) is 6.52. The highest BCUT2D eigenvalue weighted by Crippen LogP contribution is 2.32. The number of carbonyl (C=O) groups is 3. The molecule has 1 aromatic rings. The quantitative estimate of drug-likeness (QED) is 0.459. The largest absolute Gasteiger partial charge is 0.505 e. The Hall–Kier alpha value is -2.35. The summed E-state index contributed by atoms with van der Waals surface area (Å²) in [5.74, 6) is -2.97. The summed E-state index contributed by atoms with van der Waals surface area (Å²) < 4.78 is 11.3. The van der Waals surface area contributed by atoms with Gasteiger partial charge in [-0.05, 0) is 6.42 Å². The van der Waals surface area contributed by atoms with E-state index >= 15 is 0 Å². The molecule has 2 aliphatic heterocycles. The molecule has 0 aliphatic carbocycles. The van der Waals surface area contributed by atoms with Crippen LogP contribution in [-0.2, 0) is 20.8 Å². The van der Waals surface area contributed by atoms with Gasteiger partial charge in [-0.1, -0.05) is 0 Å². The maximum Gasteiger partial charge on any atom is 0.379 e. The van der Waals surface area contributed by atoms with Gasteiger partial charge in [0.15, 0.2) is 17.7 Å². The standard InChI is InChI=1S/C13H14N2O6/c1-20-13(19)11(17)7-5-14-6-8-15(3-2-4-21-8)12(18)9(14)10(7)16/h5,8,16H,2-4,6H2,1H3. The van der Waals surface area contributed by atoms with Gasteiger partial charge in [0, 0.05) is 12.7 Å². The summed E-state index contributed by atoms with van der Waals surface area (Å²) in [5, 5.41) is 10.1. The van der Waals surface area contributed by atoms with Gasteiger partial charge in [-0.3, -0.25) is 9.59 Å². The van der Waals surface area contributed by atoms with E-state index in [9.17, 15) is 19.5 Å². The summed E-state index contributed by atoms with van der Waals surface area (Å²) in [6.07, 6.45) is 1.60. The number of rotatable bonds is 2. The molecular weight excluding hydrogens is 280 g/mol. The predicted octanol–water partition coefficient (Wildman–Crippen LogP) is -0.248. The molecule has 2 aliphatic rings.